The van der Waals surface area contributed by atoms with Crippen LogP contribution in [0.2, 0.25) is 0 Å². The highest BCUT2D eigenvalue weighted by molar-refractivity contribution is 5.80. The molecule has 2 aliphatic carbocycles. The largest absolute Gasteiger partial charge is 0.393 e. The highest BCUT2D eigenvalue weighted by atomic mass is 16.3. The topological polar surface area (TPSA) is 40.5 Å². The number of nitrogens with zero attached hydrogens (tertiary/aromatic N) is 1. The SMILES string of the molecule is CC1(C)CCCC1C(=O)N1CC2CCC(O)C2C1. The van der Waals surface area contributed by atoms with Crippen LogP contribution >= 0.6 is 0 Å². The third kappa shape index (κ3) is 1.87. The van der Waals surface area contributed by atoms with Crippen molar-refractivity contribution in [1.82, 2.24) is 4.90 Å². The fourth-order valence-electron chi connectivity index (χ4n) is 4.42. The van der Waals surface area contributed by atoms with E-state index >= 15 is 0 Å². The van der Waals surface area contributed by atoms with E-state index in [1.54, 1.807) is 0 Å². The highest BCUT2D eigenvalue weighted by Gasteiger charge is 2.47. The van der Waals surface area contributed by atoms with Gasteiger partial charge in [0.2, 0.25) is 5.91 Å². The summed E-state index contributed by atoms with van der Waals surface area (Å²) >= 11 is 0. The van der Waals surface area contributed by atoms with E-state index in [9.17, 15) is 9.90 Å². The van der Waals surface area contributed by atoms with Crippen LogP contribution in [0, 0.1) is 23.2 Å². The first kappa shape index (κ1) is 12.5. The zero-order chi connectivity index (χ0) is 12.9. The van der Waals surface area contributed by atoms with Crippen LogP contribution in [0.1, 0.15) is 46.0 Å². The maximum Gasteiger partial charge on any atom is 0.226 e. The number of aliphatic hydroxyl groups is 1. The van der Waals surface area contributed by atoms with Crippen LogP contribution in [0.4, 0.5) is 0 Å². The third-order valence-electron chi connectivity index (χ3n) is 5.69. The molecule has 0 aromatic heterocycles. The molecule has 1 saturated heterocycles. The molecule has 1 heterocycles. The minimum atomic E-state index is -0.163. The van der Waals surface area contributed by atoms with E-state index in [0.29, 0.717) is 17.7 Å². The average molecular weight is 251 g/mol. The number of amides is 1. The van der Waals surface area contributed by atoms with Gasteiger partial charge in [0, 0.05) is 24.9 Å². The van der Waals surface area contributed by atoms with Crippen molar-refractivity contribution in [3.8, 4) is 0 Å². The zero-order valence-corrected chi connectivity index (χ0v) is 11.6. The fraction of sp³-hybridized carbons (Fsp3) is 0.933. The first-order valence-electron chi connectivity index (χ1n) is 7.46. The first-order valence-corrected chi connectivity index (χ1v) is 7.46. The molecule has 0 aromatic rings. The van der Waals surface area contributed by atoms with E-state index in [1.165, 1.54) is 12.8 Å². The lowest BCUT2D eigenvalue weighted by Gasteiger charge is -2.30. The number of fused-ring (bicyclic) bond motifs is 1. The van der Waals surface area contributed by atoms with Gasteiger partial charge in [0.25, 0.3) is 0 Å². The Morgan fingerprint density at radius 1 is 1.22 bits per heavy atom. The molecule has 18 heavy (non-hydrogen) atoms. The molecule has 3 fully saturated rings. The summed E-state index contributed by atoms with van der Waals surface area (Å²) in [5, 5.41) is 9.93. The molecule has 3 nitrogen and oxygen atoms in total. The summed E-state index contributed by atoms with van der Waals surface area (Å²) in [5.41, 5.74) is 0.174. The molecule has 0 aromatic carbocycles. The van der Waals surface area contributed by atoms with E-state index < -0.39 is 0 Å². The summed E-state index contributed by atoms with van der Waals surface area (Å²) in [7, 11) is 0. The quantitative estimate of drug-likeness (QED) is 0.775. The van der Waals surface area contributed by atoms with Crippen LogP contribution in [0.5, 0.6) is 0 Å². The second-order valence-electron chi connectivity index (χ2n) is 7.25. The Bertz CT molecular complexity index is 352. The van der Waals surface area contributed by atoms with Gasteiger partial charge >= 0.3 is 0 Å². The maximum absolute atomic E-state index is 12.6. The first-order chi connectivity index (χ1) is 8.49. The molecule has 0 bridgehead atoms. The van der Waals surface area contributed by atoms with Crippen molar-refractivity contribution in [1.29, 1.82) is 0 Å². The van der Waals surface area contributed by atoms with E-state index in [2.05, 4.69) is 18.7 Å². The monoisotopic (exact) mass is 251 g/mol. The molecule has 4 atom stereocenters. The third-order valence-corrected chi connectivity index (χ3v) is 5.69. The molecule has 102 valence electrons. The summed E-state index contributed by atoms with van der Waals surface area (Å²) in [4.78, 5) is 14.7. The van der Waals surface area contributed by atoms with Gasteiger partial charge in [-0.15, -0.1) is 0 Å². The molecular formula is C15H25NO2. The second kappa shape index (κ2) is 4.22. The van der Waals surface area contributed by atoms with Crippen LogP contribution in [-0.4, -0.2) is 35.1 Å². The Labute approximate surface area is 110 Å². The van der Waals surface area contributed by atoms with Gasteiger partial charge in [-0.2, -0.15) is 0 Å². The van der Waals surface area contributed by atoms with E-state index in [-0.39, 0.29) is 17.4 Å². The number of hydrogen-bond acceptors (Lipinski definition) is 2. The molecule has 4 unspecified atom stereocenters. The van der Waals surface area contributed by atoms with E-state index in [0.717, 1.165) is 32.4 Å². The van der Waals surface area contributed by atoms with Crippen molar-refractivity contribution in [3.63, 3.8) is 0 Å². The number of likely N-dealkylation sites (tertiary alicyclic amines) is 1. The van der Waals surface area contributed by atoms with Gasteiger partial charge in [-0.1, -0.05) is 20.3 Å². The van der Waals surface area contributed by atoms with E-state index in [4.69, 9.17) is 0 Å². The lowest BCUT2D eigenvalue weighted by Crippen LogP contribution is -2.39. The van der Waals surface area contributed by atoms with Crippen molar-refractivity contribution in [2.75, 3.05) is 13.1 Å². The minimum absolute atomic E-state index is 0.163. The highest BCUT2D eigenvalue weighted by Crippen LogP contribution is 2.45. The van der Waals surface area contributed by atoms with Gasteiger partial charge in [-0.3, -0.25) is 4.79 Å². The Hall–Kier alpha value is -0.570. The Morgan fingerprint density at radius 2 is 2.00 bits per heavy atom. The van der Waals surface area contributed by atoms with Crippen molar-refractivity contribution >= 4 is 5.91 Å². The number of carbonyl (C=O) groups excluding carboxylic acids is 1. The number of rotatable bonds is 1. The predicted octanol–water partition coefficient (Wildman–Crippen LogP) is 2.04. The molecular weight excluding hydrogens is 226 g/mol. The number of aliphatic hydroxyl groups excluding tert-OH is 1. The van der Waals surface area contributed by atoms with Gasteiger partial charge in [-0.05, 0) is 37.0 Å². The Balaban J connectivity index is 1.68. The maximum atomic E-state index is 12.6. The van der Waals surface area contributed by atoms with Gasteiger partial charge in [0.05, 0.1) is 6.10 Å². The van der Waals surface area contributed by atoms with Gasteiger partial charge in [-0.25, -0.2) is 0 Å². The Kier molecular flexibility index (Phi) is 2.92. The molecule has 3 rings (SSSR count). The van der Waals surface area contributed by atoms with Crippen molar-refractivity contribution in [3.05, 3.63) is 0 Å². The Morgan fingerprint density at radius 3 is 2.61 bits per heavy atom. The molecule has 1 amide bonds. The molecule has 2 saturated carbocycles. The molecule has 1 aliphatic heterocycles. The van der Waals surface area contributed by atoms with Crippen molar-refractivity contribution in [2.45, 2.75) is 52.1 Å². The molecule has 1 N–H and O–H groups in total. The van der Waals surface area contributed by atoms with Gasteiger partial charge < -0.3 is 10.0 Å². The minimum Gasteiger partial charge on any atom is -0.393 e. The molecule has 0 radical (unpaired) electrons. The summed E-state index contributed by atoms with van der Waals surface area (Å²) in [5.74, 6) is 1.50. The van der Waals surface area contributed by atoms with Crippen molar-refractivity contribution < 1.29 is 9.90 Å². The lowest BCUT2D eigenvalue weighted by atomic mass is 9.81. The zero-order valence-electron chi connectivity index (χ0n) is 11.6. The fourth-order valence-corrected chi connectivity index (χ4v) is 4.42. The predicted molar refractivity (Wildman–Crippen MR) is 69.9 cm³/mol. The summed E-state index contributed by atoms with van der Waals surface area (Å²) < 4.78 is 0. The second-order valence-corrected chi connectivity index (χ2v) is 7.25. The summed E-state index contributed by atoms with van der Waals surface area (Å²) in [6, 6.07) is 0. The average Bonchev–Trinajstić information content (AvgIpc) is 2.94. The van der Waals surface area contributed by atoms with Gasteiger partial charge in [0.1, 0.15) is 0 Å². The van der Waals surface area contributed by atoms with Crippen LogP contribution in [0.15, 0.2) is 0 Å². The number of hydrogen-bond donors (Lipinski definition) is 1. The molecule has 3 aliphatic rings. The van der Waals surface area contributed by atoms with Crippen LogP contribution in [0.3, 0.4) is 0 Å². The van der Waals surface area contributed by atoms with Crippen LogP contribution in [0.25, 0.3) is 0 Å². The molecule has 0 spiro atoms. The van der Waals surface area contributed by atoms with Crippen LogP contribution in [-0.2, 0) is 4.79 Å². The lowest BCUT2D eigenvalue weighted by molar-refractivity contribution is -0.137. The standard InChI is InChI=1S/C15H25NO2/c1-15(2)7-3-4-12(15)14(18)16-8-10-5-6-13(17)11(10)9-16/h10-13,17H,3-9H2,1-2H3. The smallest absolute Gasteiger partial charge is 0.226 e. The normalized spacial score (nSPS) is 42.3. The van der Waals surface area contributed by atoms with E-state index in [1.807, 2.05) is 0 Å². The summed E-state index contributed by atoms with van der Waals surface area (Å²) in [6.07, 6.45) is 5.29. The van der Waals surface area contributed by atoms with Gasteiger partial charge in [0.15, 0.2) is 0 Å². The number of carbonyl (C=O) groups is 1. The van der Waals surface area contributed by atoms with Crippen molar-refractivity contribution in [2.24, 2.45) is 23.2 Å². The molecule has 3 heteroatoms. The summed E-state index contributed by atoms with van der Waals surface area (Å²) in [6.45, 7) is 6.16. The van der Waals surface area contributed by atoms with Crippen LogP contribution < -0.4 is 0 Å².